The normalized spacial score (nSPS) is 24.7. The molecule has 0 spiro atoms. The molecule has 18 heavy (non-hydrogen) atoms. The second kappa shape index (κ2) is 5.20. The summed E-state index contributed by atoms with van der Waals surface area (Å²) in [6, 6.07) is 1.36. The number of aromatic nitrogens is 2. The fourth-order valence-electron chi connectivity index (χ4n) is 2.29. The number of carboxylic acids is 1. The van der Waals surface area contributed by atoms with Crippen molar-refractivity contribution in [1.82, 2.24) is 15.1 Å². The Labute approximate surface area is 105 Å². The molecule has 98 valence electrons. The molecule has 1 amide bonds. The first kappa shape index (κ1) is 12.6. The van der Waals surface area contributed by atoms with Crippen molar-refractivity contribution in [2.45, 2.75) is 38.3 Å². The van der Waals surface area contributed by atoms with E-state index in [1.165, 1.54) is 0 Å². The molecule has 1 aromatic heterocycles. The highest BCUT2D eigenvalue weighted by atomic mass is 16.4. The first-order valence-electron chi connectivity index (χ1n) is 6.10. The smallest absolute Gasteiger partial charge is 0.306 e. The van der Waals surface area contributed by atoms with Gasteiger partial charge in [-0.2, -0.15) is 5.10 Å². The molecular weight excluding hydrogens is 234 g/mol. The second-order valence-corrected chi connectivity index (χ2v) is 4.72. The molecule has 0 radical (unpaired) electrons. The number of carboxylic acid groups (broad SMARTS) is 1. The van der Waals surface area contributed by atoms with Gasteiger partial charge in [0.1, 0.15) is 6.04 Å². The van der Waals surface area contributed by atoms with Gasteiger partial charge in [0.15, 0.2) is 0 Å². The lowest BCUT2D eigenvalue weighted by molar-refractivity contribution is -0.141. The van der Waals surface area contributed by atoms with Crippen molar-refractivity contribution in [2.75, 3.05) is 0 Å². The fourth-order valence-corrected chi connectivity index (χ4v) is 2.29. The SMILES string of the molecule is CC(C(=O)N[C@@H]1CC[C@H](C(=O)O)C1)n1cccn1. The number of carbonyl (C=O) groups is 2. The Balaban J connectivity index is 1.87. The van der Waals surface area contributed by atoms with Crippen molar-refractivity contribution in [2.24, 2.45) is 5.92 Å². The van der Waals surface area contributed by atoms with Gasteiger partial charge in [0.05, 0.1) is 5.92 Å². The van der Waals surface area contributed by atoms with Gasteiger partial charge in [-0.25, -0.2) is 0 Å². The number of amides is 1. The van der Waals surface area contributed by atoms with Crippen molar-refractivity contribution in [3.05, 3.63) is 18.5 Å². The van der Waals surface area contributed by atoms with E-state index in [0.717, 1.165) is 6.42 Å². The molecule has 0 aliphatic heterocycles. The minimum Gasteiger partial charge on any atom is -0.481 e. The number of nitrogens with zero attached hydrogens (tertiary/aromatic N) is 2. The maximum atomic E-state index is 12.0. The van der Waals surface area contributed by atoms with Crippen molar-refractivity contribution in [1.29, 1.82) is 0 Å². The monoisotopic (exact) mass is 251 g/mol. The number of carbonyl (C=O) groups excluding carboxylic acids is 1. The maximum Gasteiger partial charge on any atom is 0.306 e. The molecule has 1 aromatic rings. The topological polar surface area (TPSA) is 84.2 Å². The molecule has 2 rings (SSSR count). The minimum atomic E-state index is -0.771. The maximum absolute atomic E-state index is 12.0. The Morgan fingerprint density at radius 3 is 2.83 bits per heavy atom. The molecule has 0 bridgehead atoms. The van der Waals surface area contributed by atoms with Crippen LogP contribution in [-0.4, -0.2) is 32.8 Å². The zero-order chi connectivity index (χ0) is 13.1. The van der Waals surface area contributed by atoms with Gasteiger partial charge < -0.3 is 10.4 Å². The molecule has 1 fully saturated rings. The molecule has 6 heteroatoms. The summed E-state index contributed by atoms with van der Waals surface area (Å²) in [6.07, 6.45) is 5.25. The molecule has 2 N–H and O–H groups in total. The first-order valence-corrected chi connectivity index (χ1v) is 6.10. The summed E-state index contributed by atoms with van der Waals surface area (Å²) < 4.78 is 1.58. The number of aliphatic carboxylic acids is 1. The third-order valence-electron chi connectivity index (χ3n) is 3.43. The summed E-state index contributed by atoms with van der Waals surface area (Å²) in [5, 5.41) is 15.8. The van der Waals surface area contributed by atoms with E-state index in [1.807, 2.05) is 0 Å². The summed E-state index contributed by atoms with van der Waals surface area (Å²) in [5.41, 5.74) is 0. The first-order chi connectivity index (χ1) is 8.58. The molecule has 1 unspecified atom stereocenters. The summed E-state index contributed by atoms with van der Waals surface area (Å²) in [7, 11) is 0. The van der Waals surface area contributed by atoms with Gasteiger partial charge in [-0.3, -0.25) is 14.3 Å². The molecule has 0 aromatic carbocycles. The minimum absolute atomic E-state index is 0.0309. The van der Waals surface area contributed by atoms with E-state index in [-0.39, 0.29) is 23.9 Å². The summed E-state index contributed by atoms with van der Waals surface area (Å²) in [5.74, 6) is -1.21. The van der Waals surface area contributed by atoms with Gasteiger partial charge in [0, 0.05) is 18.4 Å². The molecule has 1 saturated carbocycles. The van der Waals surface area contributed by atoms with Crippen LogP contribution in [0, 0.1) is 5.92 Å². The van der Waals surface area contributed by atoms with E-state index in [2.05, 4.69) is 10.4 Å². The highest BCUT2D eigenvalue weighted by Gasteiger charge is 2.31. The standard InChI is InChI=1S/C12H17N3O3/c1-8(15-6-2-5-13-15)11(16)14-10-4-3-9(7-10)12(17)18/h2,5-6,8-10H,3-4,7H2,1H3,(H,14,16)(H,17,18)/t8?,9-,10+/m0/s1. The van der Waals surface area contributed by atoms with Gasteiger partial charge in [-0.1, -0.05) is 0 Å². The lowest BCUT2D eigenvalue weighted by atomic mass is 10.1. The van der Waals surface area contributed by atoms with Gasteiger partial charge in [0.2, 0.25) is 5.91 Å². The van der Waals surface area contributed by atoms with Crippen LogP contribution in [0.25, 0.3) is 0 Å². The average Bonchev–Trinajstić information content (AvgIpc) is 2.98. The quantitative estimate of drug-likeness (QED) is 0.829. The van der Waals surface area contributed by atoms with Crippen LogP contribution in [0.15, 0.2) is 18.5 Å². The molecule has 1 aliphatic carbocycles. The van der Waals surface area contributed by atoms with E-state index in [0.29, 0.717) is 12.8 Å². The number of hydrogen-bond donors (Lipinski definition) is 2. The van der Waals surface area contributed by atoms with E-state index in [4.69, 9.17) is 5.11 Å². The number of nitrogens with one attached hydrogen (secondary N) is 1. The van der Waals surface area contributed by atoms with Crippen LogP contribution in [0.3, 0.4) is 0 Å². The predicted molar refractivity (Wildman–Crippen MR) is 63.8 cm³/mol. The average molecular weight is 251 g/mol. The fraction of sp³-hybridized carbons (Fsp3) is 0.583. The Morgan fingerprint density at radius 2 is 2.28 bits per heavy atom. The lowest BCUT2D eigenvalue weighted by Crippen LogP contribution is -2.38. The predicted octanol–water partition coefficient (Wildman–Crippen LogP) is 0.814. The van der Waals surface area contributed by atoms with Crippen LogP contribution in [0.2, 0.25) is 0 Å². The van der Waals surface area contributed by atoms with Crippen LogP contribution in [0.5, 0.6) is 0 Å². The molecule has 0 saturated heterocycles. The van der Waals surface area contributed by atoms with E-state index < -0.39 is 5.97 Å². The Hall–Kier alpha value is -1.85. The van der Waals surface area contributed by atoms with Gasteiger partial charge >= 0.3 is 5.97 Å². The Morgan fingerprint density at radius 1 is 1.50 bits per heavy atom. The van der Waals surface area contributed by atoms with Crippen molar-refractivity contribution in [3.8, 4) is 0 Å². The third-order valence-corrected chi connectivity index (χ3v) is 3.43. The summed E-state index contributed by atoms with van der Waals surface area (Å²) in [6.45, 7) is 1.77. The summed E-state index contributed by atoms with van der Waals surface area (Å²) in [4.78, 5) is 22.8. The lowest BCUT2D eigenvalue weighted by Gasteiger charge is -2.17. The molecular formula is C12H17N3O3. The van der Waals surface area contributed by atoms with Crippen LogP contribution >= 0.6 is 0 Å². The van der Waals surface area contributed by atoms with Gasteiger partial charge in [-0.05, 0) is 32.3 Å². The Kier molecular flexibility index (Phi) is 3.64. The zero-order valence-electron chi connectivity index (χ0n) is 10.2. The number of hydrogen-bond acceptors (Lipinski definition) is 3. The van der Waals surface area contributed by atoms with Crippen LogP contribution in [0.4, 0.5) is 0 Å². The van der Waals surface area contributed by atoms with Crippen LogP contribution in [-0.2, 0) is 9.59 Å². The second-order valence-electron chi connectivity index (χ2n) is 4.72. The zero-order valence-corrected chi connectivity index (χ0v) is 10.2. The molecule has 3 atom stereocenters. The van der Waals surface area contributed by atoms with Crippen molar-refractivity contribution < 1.29 is 14.7 Å². The van der Waals surface area contributed by atoms with E-state index in [1.54, 1.807) is 30.1 Å². The molecule has 6 nitrogen and oxygen atoms in total. The van der Waals surface area contributed by atoms with Gasteiger partial charge in [0.25, 0.3) is 0 Å². The van der Waals surface area contributed by atoms with Crippen molar-refractivity contribution in [3.63, 3.8) is 0 Å². The van der Waals surface area contributed by atoms with E-state index >= 15 is 0 Å². The highest BCUT2D eigenvalue weighted by molar-refractivity contribution is 5.80. The highest BCUT2D eigenvalue weighted by Crippen LogP contribution is 2.26. The van der Waals surface area contributed by atoms with Crippen molar-refractivity contribution >= 4 is 11.9 Å². The molecule has 1 heterocycles. The van der Waals surface area contributed by atoms with Crippen LogP contribution in [0.1, 0.15) is 32.2 Å². The Bertz CT molecular complexity index is 430. The third kappa shape index (κ3) is 2.69. The van der Waals surface area contributed by atoms with Crippen LogP contribution < -0.4 is 5.32 Å². The number of rotatable bonds is 4. The summed E-state index contributed by atoms with van der Waals surface area (Å²) >= 11 is 0. The molecule has 1 aliphatic rings. The van der Waals surface area contributed by atoms with Gasteiger partial charge in [-0.15, -0.1) is 0 Å². The largest absolute Gasteiger partial charge is 0.481 e. The van der Waals surface area contributed by atoms with E-state index in [9.17, 15) is 9.59 Å².